The van der Waals surface area contributed by atoms with E-state index >= 15 is 0 Å². The molecule has 0 saturated carbocycles. The highest BCUT2D eigenvalue weighted by Gasteiger charge is 2.28. The van der Waals surface area contributed by atoms with E-state index in [1.165, 1.54) is 29.0 Å². The third-order valence-electron chi connectivity index (χ3n) is 6.74. The Kier molecular flexibility index (Phi) is 6.41. The summed E-state index contributed by atoms with van der Waals surface area (Å²) in [6.07, 6.45) is 7.18. The van der Waals surface area contributed by atoms with Crippen molar-refractivity contribution in [3.8, 4) is 0 Å². The van der Waals surface area contributed by atoms with Gasteiger partial charge in [0.15, 0.2) is 5.13 Å². The van der Waals surface area contributed by atoms with E-state index in [0.29, 0.717) is 5.91 Å². The number of para-hydroxylation sites is 1. The van der Waals surface area contributed by atoms with Crippen LogP contribution in [0.15, 0.2) is 30.5 Å². The van der Waals surface area contributed by atoms with Crippen molar-refractivity contribution < 1.29 is 9.53 Å². The van der Waals surface area contributed by atoms with Gasteiger partial charge >= 0.3 is 0 Å². The predicted molar refractivity (Wildman–Crippen MR) is 125 cm³/mol. The van der Waals surface area contributed by atoms with Crippen LogP contribution in [0.2, 0.25) is 0 Å². The molecule has 5 rings (SSSR count). The second-order valence-corrected chi connectivity index (χ2v) is 9.91. The van der Waals surface area contributed by atoms with E-state index in [-0.39, 0.29) is 5.92 Å². The summed E-state index contributed by atoms with van der Waals surface area (Å²) < 4.78 is 5.42. The van der Waals surface area contributed by atoms with Crippen molar-refractivity contribution in [2.45, 2.75) is 38.6 Å². The van der Waals surface area contributed by atoms with Crippen LogP contribution in [0.1, 0.15) is 36.1 Å². The van der Waals surface area contributed by atoms with E-state index in [0.717, 1.165) is 76.9 Å². The molecule has 1 amide bonds. The van der Waals surface area contributed by atoms with E-state index in [2.05, 4.69) is 39.0 Å². The second-order valence-electron chi connectivity index (χ2n) is 8.82. The third kappa shape index (κ3) is 4.72. The minimum Gasteiger partial charge on any atom is -0.381 e. The predicted octanol–water partition coefficient (Wildman–Crippen LogP) is 3.56. The van der Waals surface area contributed by atoms with Gasteiger partial charge in [0, 0.05) is 68.6 Å². The molecular weight excluding hydrogens is 408 g/mol. The zero-order valence-corrected chi connectivity index (χ0v) is 19.0. The molecule has 0 bridgehead atoms. The first-order valence-electron chi connectivity index (χ1n) is 11.7. The Morgan fingerprint density at radius 1 is 1.06 bits per heavy atom. The number of aryl methyl sites for hydroxylation is 1. The number of carbonyl (C=O) groups is 1. The van der Waals surface area contributed by atoms with Gasteiger partial charge in [0.05, 0.1) is 6.54 Å². The topological polar surface area (TPSA) is 48.9 Å². The summed E-state index contributed by atoms with van der Waals surface area (Å²) in [5, 5.41) is 1.10. The molecule has 7 heteroatoms. The van der Waals surface area contributed by atoms with Gasteiger partial charge in [0.25, 0.3) is 0 Å². The molecule has 2 saturated heterocycles. The zero-order valence-electron chi connectivity index (χ0n) is 18.2. The third-order valence-corrected chi connectivity index (χ3v) is 7.79. The fraction of sp³-hybridized carbons (Fsp3) is 0.583. The quantitative estimate of drug-likeness (QED) is 0.728. The summed E-state index contributed by atoms with van der Waals surface area (Å²) in [7, 11) is 0. The van der Waals surface area contributed by atoms with Gasteiger partial charge in [0.1, 0.15) is 0 Å². The number of rotatable bonds is 4. The summed E-state index contributed by atoms with van der Waals surface area (Å²) >= 11 is 1.81. The molecule has 4 heterocycles. The van der Waals surface area contributed by atoms with E-state index < -0.39 is 0 Å². The van der Waals surface area contributed by atoms with Gasteiger partial charge in [-0.3, -0.25) is 4.79 Å². The fourth-order valence-electron chi connectivity index (χ4n) is 5.01. The number of anilines is 2. The van der Waals surface area contributed by atoms with E-state index in [1.807, 2.05) is 17.5 Å². The van der Waals surface area contributed by atoms with Crippen molar-refractivity contribution in [3.63, 3.8) is 0 Å². The van der Waals surface area contributed by atoms with Crippen molar-refractivity contribution in [1.29, 1.82) is 0 Å². The Balaban J connectivity index is 1.20. The molecule has 1 aromatic carbocycles. The van der Waals surface area contributed by atoms with Crippen LogP contribution in [0, 0.1) is 5.92 Å². The van der Waals surface area contributed by atoms with Crippen LogP contribution < -0.4 is 9.80 Å². The number of amides is 1. The molecule has 3 aliphatic rings. The Bertz CT molecular complexity index is 895. The monoisotopic (exact) mass is 440 g/mol. The average molecular weight is 441 g/mol. The number of carbonyl (C=O) groups excluding carboxylic acids is 1. The first kappa shape index (κ1) is 20.8. The van der Waals surface area contributed by atoms with Gasteiger partial charge in [0.2, 0.25) is 5.91 Å². The molecule has 0 atom stereocenters. The maximum absolute atomic E-state index is 12.9. The van der Waals surface area contributed by atoms with Crippen molar-refractivity contribution in [2.24, 2.45) is 5.92 Å². The number of ether oxygens (including phenoxy) is 1. The normalized spacial score (nSPS) is 20.5. The Hall–Kier alpha value is -2.12. The van der Waals surface area contributed by atoms with Gasteiger partial charge < -0.3 is 19.4 Å². The van der Waals surface area contributed by atoms with Gasteiger partial charge in [-0.15, -0.1) is 11.3 Å². The molecule has 0 N–H and O–H groups in total. The minimum absolute atomic E-state index is 0.152. The second kappa shape index (κ2) is 9.57. The summed E-state index contributed by atoms with van der Waals surface area (Å²) in [5.41, 5.74) is 2.83. The lowest BCUT2D eigenvalue weighted by molar-refractivity contribution is -0.138. The number of aromatic nitrogens is 1. The number of benzene rings is 1. The lowest BCUT2D eigenvalue weighted by atomic mass is 9.98. The summed E-state index contributed by atoms with van der Waals surface area (Å²) in [4.78, 5) is 25.9. The number of fused-ring (bicyclic) bond motifs is 1. The molecule has 31 heavy (non-hydrogen) atoms. The first-order chi connectivity index (χ1) is 15.3. The minimum atomic E-state index is 0.152. The molecule has 2 aromatic rings. The molecule has 0 unspecified atom stereocenters. The highest BCUT2D eigenvalue weighted by molar-refractivity contribution is 7.15. The van der Waals surface area contributed by atoms with Gasteiger partial charge in [-0.05, 0) is 43.7 Å². The van der Waals surface area contributed by atoms with Crippen LogP contribution in [0.4, 0.5) is 10.8 Å². The van der Waals surface area contributed by atoms with Crippen LogP contribution in [-0.2, 0) is 22.5 Å². The average Bonchev–Trinajstić information content (AvgIpc) is 3.14. The van der Waals surface area contributed by atoms with Crippen LogP contribution in [0.3, 0.4) is 0 Å². The highest BCUT2D eigenvalue weighted by Crippen LogP contribution is 2.31. The van der Waals surface area contributed by atoms with Gasteiger partial charge in [-0.2, -0.15) is 0 Å². The van der Waals surface area contributed by atoms with Crippen molar-refractivity contribution >= 4 is 28.1 Å². The Labute approximate surface area is 188 Å². The summed E-state index contributed by atoms with van der Waals surface area (Å²) in [6, 6.07) is 8.78. The first-order valence-corrected chi connectivity index (χ1v) is 12.5. The SMILES string of the molecule is O=C(C1CCOCC1)N1CCCN(c2ncc(CN3CCCc4ccccc43)s2)CC1. The lowest BCUT2D eigenvalue weighted by Crippen LogP contribution is -2.40. The molecule has 2 fully saturated rings. The van der Waals surface area contributed by atoms with Crippen LogP contribution in [-0.4, -0.2) is 61.7 Å². The van der Waals surface area contributed by atoms with Gasteiger partial charge in [-0.25, -0.2) is 4.98 Å². The maximum Gasteiger partial charge on any atom is 0.225 e. The Morgan fingerprint density at radius 3 is 2.84 bits per heavy atom. The molecule has 0 spiro atoms. The van der Waals surface area contributed by atoms with Crippen LogP contribution in [0.25, 0.3) is 0 Å². The zero-order chi connectivity index (χ0) is 21.0. The van der Waals surface area contributed by atoms with E-state index in [4.69, 9.17) is 9.72 Å². The maximum atomic E-state index is 12.9. The molecule has 3 aliphatic heterocycles. The Morgan fingerprint density at radius 2 is 1.94 bits per heavy atom. The molecule has 166 valence electrons. The van der Waals surface area contributed by atoms with Crippen molar-refractivity contribution in [1.82, 2.24) is 9.88 Å². The lowest BCUT2D eigenvalue weighted by Gasteiger charge is -2.30. The summed E-state index contributed by atoms with van der Waals surface area (Å²) in [5.74, 6) is 0.480. The van der Waals surface area contributed by atoms with Gasteiger partial charge in [-0.1, -0.05) is 18.2 Å². The molecule has 0 radical (unpaired) electrons. The molecule has 0 aliphatic carbocycles. The van der Waals surface area contributed by atoms with Crippen molar-refractivity contribution in [2.75, 3.05) is 55.7 Å². The van der Waals surface area contributed by atoms with Crippen LogP contribution in [0.5, 0.6) is 0 Å². The molecule has 1 aromatic heterocycles. The number of thiazole rings is 1. The van der Waals surface area contributed by atoms with E-state index in [9.17, 15) is 4.79 Å². The van der Waals surface area contributed by atoms with Crippen molar-refractivity contribution in [3.05, 3.63) is 40.9 Å². The molecular formula is C24H32N4O2S. The fourth-order valence-corrected chi connectivity index (χ4v) is 5.99. The highest BCUT2D eigenvalue weighted by atomic mass is 32.1. The largest absolute Gasteiger partial charge is 0.381 e. The molecule has 6 nitrogen and oxygen atoms in total. The smallest absolute Gasteiger partial charge is 0.225 e. The summed E-state index contributed by atoms with van der Waals surface area (Å²) in [6.45, 7) is 6.97. The standard InChI is InChI=1S/C24H32N4O2S/c29-23(20-8-15-30-16-9-20)26-11-4-12-27(14-13-26)24-25-17-21(31-24)18-28-10-3-6-19-5-1-2-7-22(19)28/h1-2,5,7,17,20H,3-4,6,8-16,18H2. The number of hydrogen-bond donors (Lipinski definition) is 0. The number of hydrogen-bond acceptors (Lipinski definition) is 6. The van der Waals surface area contributed by atoms with E-state index in [1.54, 1.807) is 0 Å². The number of nitrogens with zero attached hydrogens (tertiary/aromatic N) is 4. The van der Waals surface area contributed by atoms with Crippen LogP contribution >= 0.6 is 11.3 Å².